The monoisotopic (exact) mass is 545 g/mol. The molecule has 0 aliphatic carbocycles. The van der Waals surface area contributed by atoms with Gasteiger partial charge in [0.1, 0.15) is 10.6 Å². The smallest absolute Gasteiger partial charge is 0.258 e. The maximum atomic E-state index is 13.3. The summed E-state index contributed by atoms with van der Waals surface area (Å²) in [5.74, 6) is -0.288. The molecule has 0 aromatic heterocycles. The van der Waals surface area contributed by atoms with Crippen molar-refractivity contribution in [2.45, 2.75) is 24.0 Å². The third-order valence-corrected chi connectivity index (χ3v) is 9.00. The van der Waals surface area contributed by atoms with E-state index in [9.17, 15) is 18.3 Å². The molecule has 2 heterocycles. The summed E-state index contributed by atoms with van der Waals surface area (Å²) in [6.45, 7) is 4.84. The van der Waals surface area contributed by atoms with E-state index in [0.29, 0.717) is 25.3 Å². The predicted octanol–water partition coefficient (Wildman–Crippen LogP) is 0.603. The Morgan fingerprint density at radius 1 is 1.05 bits per heavy atom. The molecule has 2 aromatic carbocycles. The van der Waals surface area contributed by atoms with Crippen LogP contribution in [0.5, 0.6) is 5.75 Å². The van der Waals surface area contributed by atoms with Crippen LogP contribution in [-0.4, -0.2) is 113 Å². The number of fused-ring (bicyclic) bond motifs is 1. The van der Waals surface area contributed by atoms with Crippen LogP contribution in [0.4, 0.5) is 5.69 Å². The number of benzene rings is 2. The fourth-order valence-corrected chi connectivity index (χ4v) is 6.06. The molecule has 208 valence electrons. The predicted molar refractivity (Wildman–Crippen MR) is 147 cm³/mol. The van der Waals surface area contributed by atoms with Gasteiger partial charge in [-0.1, -0.05) is 30.3 Å². The van der Waals surface area contributed by atoms with Gasteiger partial charge in [-0.3, -0.25) is 9.69 Å². The van der Waals surface area contributed by atoms with Gasteiger partial charge in [-0.2, -0.15) is 0 Å². The van der Waals surface area contributed by atoms with E-state index in [2.05, 4.69) is 27.2 Å². The van der Waals surface area contributed by atoms with Gasteiger partial charge in [0.2, 0.25) is 10.0 Å². The first kappa shape index (κ1) is 28.3. The van der Waals surface area contributed by atoms with E-state index in [-0.39, 0.29) is 23.8 Å². The van der Waals surface area contributed by atoms with Crippen molar-refractivity contribution in [1.82, 2.24) is 19.4 Å². The number of hydrogen-bond donors (Lipinski definition) is 2. The Hall–Kier alpha value is -2.70. The average Bonchev–Trinajstić information content (AvgIpc) is 2.90. The van der Waals surface area contributed by atoms with Crippen molar-refractivity contribution in [2.24, 2.45) is 0 Å². The quantitative estimate of drug-likeness (QED) is 0.447. The van der Waals surface area contributed by atoms with Gasteiger partial charge in [-0.15, -0.1) is 0 Å². The number of carbonyl (C=O) groups excluding carboxylic acids is 1. The number of hydrogen-bond acceptors (Lipinski definition) is 8. The Balaban J connectivity index is 1.35. The van der Waals surface area contributed by atoms with Crippen molar-refractivity contribution >= 4 is 21.6 Å². The molecule has 4 rings (SSSR count). The highest BCUT2D eigenvalue weighted by Gasteiger charge is 2.30. The van der Waals surface area contributed by atoms with Gasteiger partial charge in [0.25, 0.3) is 5.91 Å². The molecule has 2 aliphatic heterocycles. The van der Waals surface area contributed by atoms with E-state index in [1.165, 1.54) is 25.2 Å². The number of piperazine rings is 1. The summed E-state index contributed by atoms with van der Waals surface area (Å²) in [7, 11) is 1.16. The second-order valence-electron chi connectivity index (χ2n) is 10.2. The minimum Gasteiger partial charge on any atom is -0.482 e. The lowest BCUT2D eigenvalue weighted by Gasteiger charge is -2.35. The van der Waals surface area contributed by atoms with Crippen LogP contribution in [-0.2, 0) is 27.8 Å². The number of aliphatic hydroxyl groups is 1. The molecular formula is C27H39N5O5S. The molecule has 0 spiro atoms. The zero-order valence-electron chi connectivity index (χ0n) is 22.5. The molecule has 2 aliphatic rings. The van der Waals surface area contributed by atoms with Gasteiger partial charge < -0.3 is 25.0 Å². The fraction of sp³-hybridized carbons (Fsp3) is 0.519. The molecule has 1 saturated heterocycles. The van der Waals surface area contributed by atoms with E-state index in [1.54, 1.807) is 18.2 Å². The maximum Gasteiger partial charge on any atom is 0.258 e. The number of nitrogens with zero attached hydrogens (tertiary/aromatic N) is 4. The first-order chi connectivity index (χ1) is 18.1. The summed E-state index contributed by atoms with van der Waals surface area (Å²) in [6, 6.07) is 13.4. The third kappa shape index (κ3) is 6.83. The molecule has 1 unspecified atom stereocenters. The molecule has 38 heavy (non-hydrogen) atoms. The topological polar surface area (TPSA) is 106 Å². The van der Waals surface area contributed by atoms with Crippen molar-refractivity contribution in [1.29, 1.82) is 0 Å². The lowest BCUT2D eigenvalue weighted by atomic mass is 10.00. The van der Waals surface area contributed by atoms with E-state index in [4.69, 9.17) is 4.74 Å². The first-order valence-electron chi connectivity index (χ1n) is 13.0. The lowest BCUT2D eigenvalue weighted by Crippen LogP contribution is -2.45. The third-order valence-electron chi connectivity index (χ3n) is 7.11. The Bertz CT molecular complexity index is 1210. The van der Waals surface area contributed by atoms with Crippen molar-refractivity contribution < 1.29 is 23.1 Å². The van der Waals surface area contributed by atoms with E-state index < -0.39 is 22.0 Å². The highest BCUT2D eigenvalue weighted by Crippen LogP contribution is 2.36. The number of β-amino-alcohol motifs (C(OH)–C–C–N with tert-alkyl or cyclic N) is 1. The number of rotatable bonds is 10. The number of ether oxygens (including phenoxy) is 1. The Kier molecular flexibility index (Phi) is 9.27. The van der Waals surface area contributed by atoms with Crippen LogP contribution < -0.4 is 15.0 Å². The van der Waals surface area contributed by atoms with Crippen molar-refractivity contribution in [3.8, 4) is 5.75 Å². The van der Waals surface area contributed by atoms with Gasteiger partial charge in [-0.25, -0.2) is 12.7 Å². The fourth-order valence-electron chi connectivity index (χ4n) is 4.85. The summed E-state index contributed by atoms with van der Waals surface area (Å²) in [5, 5.41) is 13.2. The molecule has 1 atom stereocenters. The second kappa shape index (κ2) is 12.4. The Labute approximate surface area is 225 Å². The molecule has 0 radical (unpaired) electrons. The first-order valence-corrected chi connectivity index (χ1v) is 14.4. The van der Waals surface area contributed by atoms with Gasteiger partial charge in [0.05, 0.1) is 11.8 Å². The van der Waals surface area contributed by atoms with Crippen LogP contribution >= 0.6 is 0 Å². The van der Waals surface area contributed by atoms with Crippen LogP contribution in [0.25, 0.3) is 0 Å². The number of anilines is 1. The Morgan fingerprint density at radius 2 is 1.76 bits per heavy atom. The van der Waals surface area contributed by atoms with Gasteiger partial charge in [0.15, 0.2) is 6.61 Å². The number of carbonyl (C=O) groups is 1. The highest BCUT2D eigenvalue weighted by molar-refractivity contribution is 7.89. The van der Waals surface area contributed by atoms with Gasteiger partial charge >= 0.3 is 0 Å². The number of likely N-dealkylation sites (N-methyl/N-ethyl adjacent to an activating group) is 1. The van der Waals surface area contributed by atoms with Crippen LogP contribution in [0.1, 0.15) is 11.1 Å². The van der Waals surface area contributed by atoms with E-state index in [0.717, 1.165) is 36.9 Å². The zero-order chi connectivity index (χ0) is 27.3. The summed E-state index contributed by atoms with van der Waals surface area (Å²) >= 11 is 0. The summed E-state index contributed by atoms with van der Waals surface area (Å²) in [5.41, 5.74) is 3.19. The minimum atomic E-state index is -3.84. The van der Waals surface area contributed by atoms with Crippen molar-refractivity contribution in [3.05, 3.63) is 53.6 Å². The number of amides is 1. The van der Waals surface area contributed by atoms with Crippen LogP contribution in [0.2, 0.25) is 0 Å². The van der Waals surface area contributed by atoms with Crippen molar-refractivity contribution in [2.75, 3.05) is 78.5 Å². The minimum absolute atomic E-state index is 0.0627. The molecule has 1 amide bonds. The second-order valence-corrected chi connectivity index (χ2v) is 12.3. The molecule has 10 nitrogen and oxygen atoms in total. The lowest BCUT2D eigenvalue weighted by molar-refractivity contribution is -0.123. The molecule has 1 fully saturated rings. The molecule has 11 heteroatoms. The largest absolute Gasteiger partial charge is 0.482 e. The van der Waals surface area contributed by atoms with Crippen LogP contribution in [0.3, 0.4) is 0 Å². The molecule has 0 saturated carbocycles. The average molecular weight is 546 g/mol. The van der Waals surface area contributed by atoms with Gasteiger partial charge in [-0.05, 0) is 36.7 Å². The van der Waals surface area contributed by atoms with Crippen LogP contribution in [0, 0.1) is 0 Å². The number of nitrogens with one attached hydrogen (secondary N) is 1. The standard InChI is InChI=1S/C27H39N5O5S/c1-29(2)38(35,36)27-24(32-15-13-30(3)14-16-32)9-6-10-25(27)37-20-26(34)28-17-23(33)19-31-12-11-21-7-4-5-8-22(21)18-31/h4-10,23,33H,11-20H2,1-3H3,(H,28,34). The zero-order valence-corrected chi connectivity index (χ0v) is 23.3. The molecule has 2 N–H and O–H groups in total. The normalized spacial score (nSPS) is 17.8. The molecular weight excluding hydrogens is 506 g/mol. The number of aliphatic hydroxyl groups excluding tert-OH is 1. The van der Waals surface area contributed by atoms with Crippen molar-refractivity contribution in [3.63, 3.8) is 0 Å². The maximum absolute atomic E-state index is 13.3. The SMILES string of the molecule is CN1CCN(c2cccc(OCC(=O)NCC(O)CN3CCc4ccccc4C3)c2S(=O)(=O)N(C)C)CC1. The molecule has 0 bridgehead atoms. The number of sulfonamides is 1. The van der Waals surface area contributed by atoms with Gasteiger partial charge in [0, 0.05) is 66.5 Å². The Morgan fingerprint density at radius 3 is 2.47 bits per heavy atom. The van der Waals surface area contributed by atoms with E-state index in [1.807, 2.05) is 24.1 Å². The molecule has 2 aromatic rings. The van der Waals surface area contributed by atoms with Crippen LogP contribution in [0.15, 0.2) is 47.4 Å². The summed E-state index contributed by atoms with van der Waals surface area (Å²) < 4.78 is 33.5. The highest BCUT2D eigenvalue weighted by atomic mass is 32.2. The van der Waals surface area contributed by atoms with E-state index >= 15 is 0 Å². The summed E-state index contributed by atoms with van der Waals surface area (Å²) in [4.78, 5) is 19.0. The summed E-state index contributed by atoms with van der Waals surface area (Å²) in [6.07, 6.45) is 0.212.